The molecule has 7 rings (SSSR count). The zero-order chi connectivity index (χ0) is 48.2. The smallest absolute Gasteiger partial charge is 0.418 e. The number of halogens is 4. The molecular formula is C47H48F4N6O10. The molecule has 3 N–H and O–H groups in total. The Bertz CT molecular complexity index is 2520. The number of carbonyl (C=O) groups is 9. The van der Waals surface area contributed by atoms with E-state index < -0.39 is 84.3 Å². The molecule has 2 saturated heterocycles. The number of nitrogens with zero attached hydrogens (tertiary/aromatic N) is 3. The third-order valence-corrected chi connectivity index (χ3v) is 12.5. The first kappa shape index (κ1) is 48.0. The van der Waals surface area contributed by atoms with Gasteiger partial charge in [0.15, 0.2) is 0 Å². The number of fused-ring (bicyclic) bond motifs is 3. The van der Waals surface area contributed by atoms with Gasteiger partial charge in [-0.25, -0.2) is 14.1 Å². The van der Waals surface area contributed by atoms with Crippen molar-refractivity contribution in [3.05, 3.63) is 94.3 Å². The number of unbranched alkanes of at least 4 members (excludes halogenated alkanes) is 3. The molecule has 0 bridgehead atoms. The second kappa shape index (κ2) is 19.9. The standard InChI is InChI=1S/C47H48F4N6O10/c1-27(47(49,50)51)55(25-28-10-12-30(48)13-11-28)40(61)26-56-44(65)46(67-45(56)66)21-20-29-23-32(15-17-36(29)46)53-38(59)9-5-4-8-33(58)7-3-2-6-22-52-31-14-16-34-35(24-31)43(64)57(42(34)63)37-18-19-39(60)54-41(37)62/h10-17,23-24,27,37,52H,2-9,18-22,25-26H2,1H3,(H,53,59)(H,54,60,62)/t27-,37?,46+/m0/s1. The van der Waals surface area contributed by atoms with E-state index in [0.717, 1.165) is 36.8 Å². The van der Waals surface area contributed by atoms with E-state index in [0.29, 0.717) is 71.0 Å². The molecule has 8 amide bonds. The van der Waals surface area contributed by atoms with Crippen molar-refractivity contribution in [3.63, 3.8) is 0 Å². The molecule has 2 fully saturated rings. The highest BCUT2D eigenvalue weighted by molar-refractivity contribution is 6.23. The minimum atomic E-state index is -4.84. The van der Waals surface area contributed by atoms with Gasteiger partial charge in [0.05, 0.1) is 11.1 Å². The number of Topliss-reactive ketones (excluding diaryl/α,β-unsaturated/α-hetero) is 1. The third kappa shape index (κ3) is 10.5. The van der Waals surface area contributed by atoms with Crippen molar-refractivity contribution in [1.82, 2.24) is 20.0 Å². The van der Waals surface area contributed by atoms with E-state index in [9.17, 15) is 60.7 Å². The van der Waals surface area contributed by atoms with Crippen molar-refractivity contribution < 1.29 is 65.4 Å². The molecule has 1 spiro atoms. The number of anilines is 2. The predicted octanol–water partition coefficient (Wildman–Crippen LogP) is 6.07. The summed E-state index contributed by atoms with van der Waals surface area (Å²) in [6, 6.07) is 10.7. The van der Waals surface area contributed by atoms with Crippen LogP contribution in [0, 0.1) is 5.82 Å². The number of alkyl halides is 3. The number of nitrogens with one attached hydrogen (secondary N) is 3. The lowest BCUT2D eigenvalue weighted by atomic mass is 9.94. The van der Waals surface area contributed by atoms with Crippen LogP contribution in [0.25, 0.3) is 0 Å². The van der Waals surface area contributed by atoms with Crippen LogP contribution in [-0.4, -0.2) is 99.3 Å². The number of benzene rings is 3. The molecule has 4 aliphatic rings. The van der Waals surface area contributed by atoms with Crippen LogP contribution < -0.4 is 16.0 Å². The summed E-state index contributed by atoms with van der Waals surface area (Å²) in [7, 11) is 0. The maximum atomic E-state index is 13.8. The lowest BCUT2D eigenvalue weighted by molar-refractivity contribution is -0.187. The molecule has 0 radical (unpaired) electrons. The fourth-order valence-electron chi connectivity index (χ4n) is 8.76. The Hall–Kier alpha value is -6.99. The number of imide groups is 3. The summed E-state index contributed by atoms with van der Waals surface area (Å²) in [6.45, 7) is -0.251. The monoisotopic (exact) mass is 932 g/mol. The van der Waals surface area contributed by atoms with Crippen LogP contribution in [-0.2, 0) is 52.1 Å². The van der Waals surface area contributed by atoms with Crippen molar-refractivity contribution in [3.8, 4) is 0 Å². The normalized spacial score (nSPS) is 19.3. The Morgan fingerprint density at radius 3 is 2.25 bits per heavy atom. The predicted molar refractivity (Wildman–Crippen MR) is 229 cm³/mol. The van der Waals surface area contributed by atoms with Crippen LogP contribution >= 0.6 is 0 Å². The molecule has 67 heavy (non-hydrogen) atoms. The molecule has 3 atom stereocenters. The molecule has 3 aliphatic heterocycles. The third-order valence-electron chi connectivity index (χ3n) is 12.5. The van der Waals surface area contributed by atoms with Gasteiger partial charge in [-0.3, -0.25) is 48.6 Å². The molecule has 1 unspecified atom stereocenters. The zero-order valence-electron chi connectivity index (χ0n) is 36.5. The maximum Gasteiger partial charge on any atom is 0.418 e. The molecule has 0 saturated carbocycles. The topological polar surface area (TPSA) is 209 Å². The van der Waals surface area contributed by atoms with Gasteiger partial charge in [0.2, 0.25) is 29.2 Å². The van der Waals surface area contributed by atoms with Crippen LogP contribution in [0.15, 0.2) is 60.7 Å². The van der Waals surface area contributed by atoms with Crippen LogP contribution in [0.1, 0.15) is 115 Å². The van der Waals surface area contributed by atoms with Gasteiger partial charge in [0.25, 0.3) is 17.7 Å². The van der Waals surface area contributed by atoms with E-state index in [-0.39, 0.29) is 60.5 Å². The lowest BCUT2D eigenvalue weighted by Gasteiger charge is -2.31. The maximum absolute atomic E-state index is 13.8. The van der Waals surface area contributed by atoms with Crippen LogP contribution in [0.4, 0.5) is 33.7 Å². The van der Waals surface area contributed by atoms with Gasteiger partial charge in [-0.1, -0.05) is 24.6 Å². The molecule has 0 aromatic heterocycles. The van der Waals surface area contributed by atoms with Crippen molar-refractivity contribution in [2.24, 2.45) is 0 Å². The Labute approximate surface area is 381 Å². The average Bonchev–Trinajstić information content (AvgIpc) is 3.85. The summed E-state index contributed by atoms with van der Waals surface area (Å²) >= 11 is 0. The summed E-state index contributed by atoms with van der Waals surface area (Å²) in [6.07, 6.45) is -1.70. The van der Waals surface area contributed by atoms with E-state index in [2.05, 4.69) is 16.0 Å². The number of rotatable bonds is 19. The summed E-state index contributed by atoms with van der Waals surface area (Å²) in [5.41, 5.74) is 0.749. The number of ketones is 1. The van der Waals surface area contributed by atoms with Gasteiger partial charge in [0, 0.05) is 62.1 Å². The quantitative estimate of drug-likeness (QED) is 0.0715. The van der Waals surface area contributed by atoms with Gasteiger partial charge in [-0.15, -0.1) is 0 Å². The van der Waals surface area contributed by atoms with E-state index in [1.165, 1.54) is 30.3 Å². The van der Waals surface area contributed by atoms with E-state index in [1.807, 2.05) is 0 Å². The Kier molecular flexibility index (Phi) is 14.2. The molecule has 1 aliphatic carbocycles. The zero-order valence-corrected chi connectivity index (χ0v) is 36.5. The highest BCUT2D eigenvalue weighted by atomic mass is 19.4. The van der Waals surface area contributed by atoms with Crippen molar-refractivity contribution in [2.75, 3.05) is 23.7 Å². The minimum Gasteiger partial charge on any atom is -0.427 e. The van der Waals surface area contributed by atoms with Crippen LogP contribution in [0.2, 0.25) is 0 Å². The second-order valence-corrected chi connectivity index (χ2v) is 17.1. The number of hydrogen-bond donors (Lipinski definition) is 3. The summed E-state index contributed by atoms with van der Waals surface area (Å²) in [5, 5.41) is 8.19. The van der Waals surface area contributed by atoms with Crippen molar-refractivity contribution >= 4 is 64.6 Å². The van der Waals surface area contributed by atoms with Gasteiger partial charge in [-0.2, -0.15) is 13.2 Å². The molecular weight excluding hydrogens is 885 g/mol. The molecule has 3 aromatic carbocycles. The first-order chi connectivity index (χ1) is 31.9. The number of amides is 8. The van der Waals surface area contributed by atoms with Gasteiger partial charge in [-0.05, 0) is 99.0 Å². The van der Waals surface area contributed by atoms with Crippen LogP contribution in [0.3, 0.4) is 0 Å². The minimum absolute atomic E-state index is 0.0105. The summed E-state index contributed by atoms with van der Waals surface area (Å²) < 4.78 is 60.4. The van der Waals surface area contributed by atoms with Crippen molar-refractivity contribution in [2.45, 2.75) is 114 Å². The average molecular weight is 933 g/mol. The first-order valence-electron chi connectivity index (χ1n) is 22.1. The highest BCUT2D eigenvalue weighted by Crippen LogP contribution is 2.46. The largest absolute Gasteiger partial charge is 0.427 e. The Balaban J connectivity index is 0.804. The number of aryl methyl sites for hydroxylation is 1. The molecule has 20 heteroatoms. The fraction of sp³-hybridized carbons (Fsp3) is 0.426. The summed E-state index contributed by atoms with van der Waals surface area (Å²) in [4.78, 5) is 117. The Morgan fingerprint density at radius 2 is 1.54 bits per heavy atom. The van der Waals surface area contributed by atoms with Gasteiger partial charge < -0.3 is 20.3 Å². The Morgan fingerprint density at radius 1 is 0.851 bits per heavy atom. The fourth-order valence-corrected chi connectivity index (χ4v) is 8.76. The number of ether oxygens (including phenoxy) is 1. The SMILES string of the molecule is C[C@H](N(Cc1ccc(F)cc1)C(=O)CN1C(=O)O[C@@]2(CCc3cc(NC(=O)CCCCC(=O)CCCCCNc4ccc5c(c4)C(=O)N(C4CCC(=O)NC4=O)C5=O)ccc32)C1=O)C(F)(F)F. The highest BCUT2D eigenvalue weighted by Gasteiger charge is 2.59. The lowest BCUT2D eigenvalue weighted by Crippen LogP contribution is -2.54. The number of carbonyl (C=O) groups excluding carboxylic acids is 9. The molecule has 16 nitrogen and oxygen atoms in total. The number of hydrogen-bond acceptors (Lipinski definition) is 11. The van der Waals surface area contributed by atoms with Crippen molar-refractivity contribution in [1.29, 1.82) is 0 Å². The molecule has 3 heterocycles. The van der Waals surface area contributed by atoms with Gasteiger partial charge >= 0.3 is 12.3 Å². The van der Waals surface area contributed by atoms with E-state index in [4.69, 9.17) is 4.74 Å². The summed E-state index contributed by atoms with van der Waals surface area (Å²) in [5.74, 6) is -5.20. The van der Waals surface area contributed by atoms with Gasteiger partial charge in [0.1, 0.15) is 30.2 Å². The van der Waals surface area contributed by atoms with E-state index in [1.54, 1.807) is 18.2 Å². The molecule has 3 aromatic rings. The van der Waals surface area contributed by atoms with E-state index >= 15 is 0 Å². The first-order valence-corrected chi connectivity index (χ1v) is 22.1. The van der Waals surface area contributed by atoms with Crippen LogP contribution in [0.5, 0.6) is 0 Å². The second-order valence-electron chi connectivity index (χ2n) is 17.1. The number of piperidine rings is 1. The molecule has 354 valence electrons.